The van der Waals surface area contributed by atoms with Crippen LogP contribution in [0.1, 0.15) is 51.9 Å². The smallest absolute Gasteiger partial charge is 0.252 e. The molecule has 0 aliphatic heterocycles. The summed E-state index contributed by atoms with van der Waals surface area (Å²) in [7, 11) is 3.46. The first-order valence-electron chi connectivity index (χ1n) is 7.14. The molecule has 0 radical (unpaired) electrons. The summed E-state index contributed by atoms with van der Waals surface area (Å²) in [6.07, 6.45) is 8.58. The van der Waals surface area contributed by atoms with Crippen LogP contribution in [0.4, 0.5) is 0 Å². The Bertz CT molecular complexity index is 281. The second-order valence-corrected chi connectivity index (χ2v) is 4.78. The number of hydrogen-bond acceptors (Lipinski definition) is 3. The van der Waals surface area contributed by atoms with Gasteiger partial charge in [-0.2, -0.15) is 0 Å². The number of amidine groups is 1. The van der Waals surface area contributed by atoms with Gasteiger partial charge in [0.15, 0.2) is 5.84 Å². The molecule has 1 aliphatic carbocycles. The molecule has 104 valence electrons. The summed E-state index contributed by atoms with van der Waals surface area (Å²) in [6, 6.07) is 0.415. The molecule has 0 amide bonds. The van der Waals surface area contributed by atoms with Gasteiger partial charge in [-0.3, -0.25) is 4.99 Å². The Morgan fingerprint density at radius 1 is 1.28 bits per heavy atom. The number of ether oxygens (including phenoxy) is 1. The van der Waals surface area contributed by atoms with Gasteiger partial charge in [0.05, 0.1) is 13.2 Å². The lowest BCUT2D eigenvalue weighted by Crippen LogP contribution is -2.34. The van der Waals surface area contributed by atoms with E-state index in [0.717, 1.165) is 18.8 Å². The van der Waals surface area contributed by atoms with Crippen LogP contribution in [0.15, 0.2) is 9.98 Å². The summed E-state index contributed by atoms with van der Waals surface area (Å²) in [5.74, 6) is 1.46. The Hall–Kier alpha value is -1.06. The molecule has 18 heavy (non-hydrogen) atoms. The van der Waals surface area contributed by atoms with Crippen LogP contribution >= 0.6 is 0 Å². The van der Waals surface area contributed by atoms with E-state index in [2.05, 4.69) is 17.2 Å². The van der Waals surface area contributed by atoms with Crippen LogP contribution in [0.2, 0.25) is 0 Å². The molecule has 0 heterocycles. The predicted octanol–water partition coefficient (Wildman–Crippen LogP) is 2.78. The third-order valence-corrected chi connectivity index (χ3v) is 3.32. The van der Waals surface area contributed by atoms with Gasteiger partial charge in [-0.15, -0.1) is 0 Å². The summed E-state index contributed by atoms with van der Waals surface area (Å²) < 4.78 is 5.39. The fourth-order valence-corrected chi connectivity index (χ4v) is 2.22. The van der Waals surface area contributed by atoms with E-state index < -0.39 is 0 Å². The van der Waals surface area contributed by atoms with Gasteiger partial charge in [0.25, 0.3) is 5.90 Å². The topological polar surface area (TPSA) is 46.0 Å². The zero-order valence-corrected chi connectivity index (χ0v) is 12.0. The van der Waals surface area contributed by atoms with E-state index in [1.54, 1.807) is 14.2 Å². The monoisotopic (exact) mass is 253 g/mol. The van der Waals surface area contributed by atoms with E-state index in [1.165, 1.54) is 38.5 Å². The number of rotatable bonds is 4. The minimum absolute atomic E-state index is 0.415. The molecule has 0 saturated heterocycles. The first kappa shape index (κ1) is 15.0. The third-order valence-electron chi connectivity index (χ3n) is 3.32. The molecule has 0 aromatic heterocycles. The zero-order valence-electron chi connectivity index (χ0n) is 12.0. The fourth-order valence-electron chi connectivity index (χ4n) is 2.22. The fraction of sp³-hybridized carbons (Fsp3) is 0.857. The van der Waals surface area contributed by atoms with Crippen molar-refractivity contribution in [3.05, 3.63) is 0 Å². The SMILES string of the molecule is CCCCNC(=N/C)/C(=N/C1CCCCC1)OC. The Morgan fingerprint density at radius 3 is 2.56 bits per heavy atom. The van der Waals surface area contributed by atoms with Crippen LogP contribution in [0.5, 0.6) is 0 Å². The summed E-state index contributed by atoms with van der Waals surface area (Å²) in [6.45, 7) is 3.11. The van der Waals surface area contributed by atoms with Crippen LogP contribution in [0.25, 0.3) is 0 Å². The number of hydrogen-bond donors (Lipinski definition) is 1. The summed E-state index contributed by atoms with van der Waals surface area (Å²) >= 11 is 0. The van der Waals surface area contributed by atoms with E-state index in [1.807, 2.05) is 0 Å². The second kappa shape index (κ2) is 8.95. The first-order valence-corrected chi connectivity index (χ1v) is 7.14. The van der Waals surface area contributed by atoms with Crippen molar-refractivity contribution < 1.29 is 4.74 Å². The quantitative estimate of drug-likeness (QED) is 0.476. The van der Waals surface area contributed by atoms with Gasteiger partial charge in [-0.1, -0.05) is 32.6 Å². The Morgan fingerprint density at radius 2 is 2.00 bits per heavy atom. The Labute approximate surface area is 111 Å². The molecule has 4 heteroatoms. The van der Waals surface area contributed by atoms with Gasteiger partial charge in [0, 0.05) is 13.6 Å². The van der Waals surface area contributed by atoms with Crippen molar-refractivity contribution in [2.45, 2.75) is 57.9 Å². The average molecular weight is 253 g/mol. The van der Waals surface area contributed by atoms with E-state index in [9.17, 15) is 0 Å². The minimum atomic E-state index is 0.415. The van der Waals surface area contributed by atoms with Crippen LogP contribution in [-0.2, 0) is 4.74 Å². The van der Waals surface area contributed by atoms with Gasteiger partial charge in [0.1, 0.15) is 0 Å². The minimum Gasteiger partial charge on any atom is -0.479 e. The summed E-state index contributed by atoms with van der Waals surface area (Å²) in [5.41, 5.74) is 0. The highest BCUT2D eigenvalue weighted by molar-refractivity contribution is 6.37. The van der Waals surface area contributed by atoms with Gasteiger partial charge in [0.2, 0.25) is 0 Å². The van der Waals surface area contributed by atoms with Crippen molar-refractivity contribution in [2.75, 3.05) is 20.7 Å². The lowest BCUT2D eigenvalue weighted by atomic mass is 9.96. The molecule has 4 nitrogen and oxygen atoms in total. The largest absolute Gasteiger partial charge is 0.479 e. The molecule has 0 spiro atoms. The molecule has 1 N–H and O–H groups in total. The molecule has 0 aromatic carbocycles. The number of nitrogens with one attached hydrogen (secondary N) is 1. The van der Waals surface area contributed by atoms with E-state index >= 15 is 0 Å². The summed E-state index contributed by atoms with van der Waals surface area (Å²) in [4.78, 5) is 8.95. The average Bonchev–Trinajstić information content (AvgIpc) is 2.43. The molecule has 0 aromatic rings. The molecule has 1 aliphatic rings. The maximum atomic E-state index is 5.39. The first-order chi connectivity index (χ1) is 8.81. The van der Waals surface area contributed by atoms with Gasteiger partial charge < -0.3 is 10.1 Å². The number of aliphatic imine (C=N–C) groups is 2. The van der Waals surface area contributed by atoms with Crippen LogP contribution in [-0.4, -0.2) is 38.5 Å². The highest BCUT2D eigenvalue weighted by Gasteiger charge is 2.16. The van der Waals surface area contributed by atoms with Crippen LogP contribution in [0.3, 0.4) is 0 Å². The molecule has 1 rings (SSSR count). The molecule has 1 fully saturated rings. The molecular formula is C14H27N3O. The number of nitrogens with zero attached hydrogens (tertiary/aromatic N) is 2. The Kier molecular flexibility index (Phi) is 7.46. The molecule has 0 unspecified atom stereocenters. The van der Waals surface area contributed by atoms with Crippen LogP contribution < -0.4 is 5.32 Å². The van der Waals surface area contributed by atoms with Crippen molar-refractivity contribution >= 4 is 11.7 Å². The normalized spacial score (nSPS) is 18.8. The van der Waals surface area contributed by atoms with Crippen molar-refractivity contribution in [1.82, 2.24) is 5.32 Å². The highest BCUT2D eigenvalue weighted by Crippen LogP contribution is 2.20. The highest BCUT2D eigenvalue weighted by atomic mass is 16.5. The second-order valence-electron chi connectivity index (χ2n) is 4.78. The predicted molar refractivity (Wildman–Crippen MR) is 77.6 cm³/mol. The van der Waals surface area contributed by atoms with Crippen molar-refractivity contribution in [3.63, 3.8) is 0 Å². The Balaban J connectivity index is 2.57. The van der Waals surface area contributed by atoms with Gasteiger partial charge in [-0.25, -0.2) is 4.99 Å². The van der Waals surface area contributed by atoms with Crippen molar-refractivity contribution in [1.29, 1.82) is 0 Å². The lowest BCUT2D eigenvalue weighted by molar-refractivity contribution is 0.388. The zero-order chi connectivity index (χ0) is 13.2. The maximum absolute atomic E-state index is 5.39. The molecule has 0 atom stereocenters. The van der Waals surface area contributed by atoms with Gasteiger partial charge in [-0.05, 0) is 19.3 Å². The van der Waals surface area contributed by atoms with Crippen molar-refractivity contribution in [3.8, 4) is 0 Å². The van der Waals surface area contributed by atoms with Gasteiger partial charge >= 0.3 is 0 Å². The molecule has 0 bridgehead atoms. The standard InChI is InChI=1S/C14H27N3O/c1-4-5-11-16-13(15-2)14(18-3)17-12-9-7-6-8-10-12/h12H,4-11H2,1-3H3,(H,15,16)/b17-14-. The van der Waals surface area contributed by atoms with Crippen LogP contribution in [0, 0.1) is 0 Å². The lowest BCUT2D eigenvalue weighted by Gasteiger charge is -2.19. The third kappa shape index (κ3) is 5.07. The molecular weight excluding hydrogens is 226 g/mol. The molecule has 1 saturated carbocycles. The summed E-state index contributed by atoms with van der Waals surface area (Å²) in [5, 5.41) is 3.31. The number of methoxy groups -OCH3 is 1. The van der Waals surface area contributed by atoms with E-state index in [-0.39, 0.29) is 0 Å². The maximum Gasteiger partial charge on any atom is 0.252 e. The van der Waals surface area contributed by atoms with E-state index in [4.69, 9.17) is 9.73 Å². The van der Waals surface area contributed by atoms with Crippen molar-refractivity contribution in [2.24, 2.45) is 9.98 Å². The van der Waals surface area contributed by atoms with E-state index in [0.29, 0.717) is 11.9 Å². The number of unbranched alkanes of at least 4 members (excludes halogenated alkanes) is 1.